The molecular formula is C17H21N5O2. The molecule has 7 heteroatoms. The monoisotopic (exact) mass is 327 g/mol. The minimum atomic E-state index is -0.108. The van der Waals surface area contributed by atoms with Crippen LogP contribution in [0.4, 0.5) is 0 Å². The van der Waals surface area contributed by atoms with Gasteiger partial charge in [0, 0.05) is 44.3 Å². The maximum Gasteiger partial charge on any atom is 0.274 e. The molecule has 3 saturated heterocycles. The van der Waals surface area contributed by atoms with Crippen molar-refractivity contribution in [1.82, 2.24) is 24.2 Å². The summed E-state index contributed by atoms with van der Waals surface area (Å²) in [7, 11) is 0. The third-order valence-corrected chi connectivity index (χ3v) is 5.00. The number of carbonyl (C=O) groups is 2. The number of amides is 2. The van der Waals surface area contributed by atoms with Gasteiger partial charge < -0.3 is 9.80 Å². The van der Waals surface area contributed by atoms with E-state index in [1.807, 2.05) is 11.1 Å². The molecule has 3 aliphatic heterocycles. The van der Waals surface area contributed by atoms with Crippen molar-refractivity contribution < 1.29 is 9.59 Å². The zero-order valence-electron chi connectivity index (χ0n) is 13.8. The number of imidazole rings is 1. The van der Waals surface area contributed by atoms with Crippen molar-refractivity contribution in [1.29, 1.82) is 0 Å². The predicted octanol–water partition coefficient (Wildman–Crippen LogP) is 1.20. The Hall–Kier alpha value is -2.44. The summed E-state index contributed by atoms with van der Waals surface area (Å²) in [5.74, 6) is 0.542. The van der Waals surface area contributed by atoms with Crippen LogP contribution in [0.3, 0.4) is 0 Å². The summed E-state index contributed by atoms with van der Waals surface area (Å²) in [4.78, 5) is 37.8. The summed E-state index contributed by atoms with van der Waals surface area (Å²) < 4.78 is 1.74. The Labute approximate surface area is 140 Å². The van der Waals surface area contributed by atoms with Crippen LogP contribution in [-0.2, 0) is 4.79 Å². The number of nitrogens with zero attached hydrogens (tertiary/aromatic N) is 5. The molecule has 0 N–H and O–H groups in total. The summed E-state index contributed by atoms with van der Waals surface area (Å²) in [5, 5.41) is 0. The zero-order chi connectivity index (χ0) is 16.7. The Balaban J connectivity index is 1.60. The topological polar surface area (TPSA) is 70.8 Å². The first-order valence-corrected chi connectivity index (χ1v) is 8.57. The second-order valence-corrected chi connectivity index (χ2v) is 6.62. The first-order valence-electron chi connectivity index (χ1n) is 8.57. The summed E-state index contributed by atoms with van der Waals surface area (Å²) in [5.41, 5.74) is 0.393. The third-order valence-electron chi connectivity index (χ3n) is 5.00. The van der Waals surface area contributed by atoms with Gasteiger partial charge in [0.2, 0.25) is 11.7 Å². The van der Waals surface area contributed by atoms with E-state index in [-0.39, 0.29) is 23.8 Å². The van der Waals surface area contributed by atoms with Crippen LogP contribution in [0.25, 0.3) is 5.78 Å². The number of carbonyl (C=O) groups excluding carboxylic acids is 2. The summed E-state index contributed by atoms with van der Waals surface area (Å²) in [6.45, 7) is 3.96. The molecule has 24 heavy (non-hydrogen) atoms. The van der Waals surface area contributed by atoms with Gasteiger partial charge in [-0.05, 0) is 25.3 Å². The molecule has 0 spiro atoms. The van der Waals surface area contributed by atoms with Crippen LogP contribution < -0.4 is 0 Å². The van der Waals surface area contributed by atoms with E-state index >= 15 is 0 Å². The van der Waals surface area contributed by atoms with Gasteiger partial charge in [0.05, 0.1) is 5.92 Å². The summed E-state index contributed by atoms with van der Waals surface area (Å²) in [6, 6.07) is 1.94. The van der Waals surface area contributed by atoms with Crippen LogP contribution in [0.2, 0.25) is 0 Å². The highest BCUT2D eigenvalue weighted by atomic mass is 16.2. The fraction of sp³-hybridized carbons (Fsp3) is 0.529. The van der Waals surface area contributed by atoms with E-state index in [4.69, 9.17) is 0 Å². The average Bonchev–Trinajstić information content (AvgIpc) is 2.84. The van der Waals surface area contributed by atoms with Crippen LogP contribution in [0.1, 0.15) is 36.7 Å². The molecule has 3 fully saturated rings. The molecule has 2 aromatic heterocycles. The van der Waals surface area contributed by atoms with Gasteiger partial charge in [-0.15, -0.1) is 0 Å². The smallest absolute Gasteiger partial charge is 0.274 e. The highest BCUT2D eigenvalue weighted by molar-refractivity contribution is 5.93. The van der Waals surface area contributed by atoms with E-state index < -0.39 is 0 Å². The van der Waals surface area contributed by atoms with E-state index in [0.29, 0.717) is 24.6 Å². The first kappa shape index (κ1) is 15.1. The van der Waals surface area contributed by atoms with Gasteiger partial charge in [0.1, 0.15) is 5.69 Å². The molecule has 0 radical (unpaired) electrons. The number of fused-ring (bicyclic) bond motifs is 5. The molecule has 0 unspecified atom stereocenters. The van der Waals surface area contributed by atoms with Crippen LogP contribution in [-0.4, -0.2) is 61.7 Å². The molecule has 2 amide bonds. The molecule has 2 aromatic rings. The van der Waals surface area contributed by atoms with Gasteiger partial charge in [0.25, 0.3) is 5.91 Å². The molecule has 0 aliphatic carbocycles. The Bertz CT molecular complexity index is 753. The maximum absolute atomic E-state index is 12.9. The normalized spacial score (nSPS) is 23.8. The molecule has 2 bridgehead atoms. The number of hydrogen-bond acceptors (Lipinski definition) is 4. The van der Waals surface area contributed by atoms with Gasteiger partial charge in [-0.2, -0.15) is 0 Å². The minimum Gasteiger partial charge on any atom is -0.338 e. The quantitative estimate of drug-likeness (QED) is 0.849. The predicted molar refractivity (Wildman–Crippen MR) is 87.4 cm³/mol. The number of hydrogen-bond donors (Lipinski definition) is 0. The highest BCUT2D eigenvalue weighted by Gasteiger charge is 2.41. The minimum absolute atomic E-state index is 0.0746. The fourth-order valence-corrected chi connectivity index (χ4v) is 3.84. The summed E-state index contributed by atoms with van der Waals surface area (Å²) in [6.07, 6.45) is 7.99. The van der Waals surface area contributed by atoms with Crippen LogP contribution >= 0.6 is 0 Å². The molecule has 126 valence electrons. The molecule has 7 nitrogen and oxygen atoms in total. The molecule has 2 atom stereocenters. The molecule has 0 saturated carbocycles. The van der Waals surface area contributed by atoms with Crippen molar-refractivity contribution in [3.63, 3.8) is 0 Å². The molecule has 3 aliphatic rings. The lowest BCUT2D eigenvalue weighted by molar-refractivity contribution is -0.139. The first-order chi connectivity index (χ1) is 11.7. The SMILES string of the molecule is CCCN1C(=O)[C@@H]2CC[C@H]1CN(C(=O)c1cn3cccnc3n1)C2. The van der Waals surface area contributed by atoms with Crippen molar-refractivity contribution in [2.75, 3.05) is 19.6 Å². The Morgan fingerprint density at radius 1 is 1.33 bits per heavy atom. The number of rotatable bonds is 3. The van der Waals surface area contributed by atoms with E-state index in [1.165, 1.54) is 0 Å². The second-order valence-electron chi connectivity index (χ2n) is 6.62. The lowest BCUT2D eigenvalue weighted by Gasteiger charge is -2.35. The lowest BCUT2D eigenvalue weighted by Crippen LogP contribution is -2.48. The standard InChI is InChI=1S/C17H21N5O2/c1-2-7-22-13-5-4-12(15(22)23)9-21(10-13)16(24)14-11-20-8-3-6-18-17(20)19-14/h3,6,8,11-13H,2,4-5,7,9-10H2,1H3/t12-,13+/m1/s1. The zero-order valence-corrected chi connectivity index (χ0v) is 13.8. The molecule has 5 rings (SSSR count). The maximum atomic E-state index is 12.9. The largest absolute Gasteiger partial charge is 0.338 e. The van der Waals surface area contributed by atoms with Gasteiger partial charge in [0.15, 0.2) is 0 Å². The molecule has 0 aromatic carbocycles. The van der Waals surface area contributed by atoms with Crippen molar-refractivity contribution >= 4 is 17.6 Å². The fourth-order valence-electron chi connectivity index (χ4n) is 3.84. The van der Waals surface area contributed by atoms with Crippen LogP contribution in [0, 0.1) is 5.92 Å². The van der Waals surface area contributed by atoms with Gasteiger partial charge in [-0.1, -0.05) is 6.92 Å². The van der Waals surface area contributed by atoms with E-state index in [0.717, 1.165) is 25.8 Å². The third kappa shape index (κ3) is 2.44. The lowest BCUT2D eigenvalue weighted by atomic mass is 9.94. The second kappa shape index (κ2) is 5.89. The molecule has 5 heterocycles. The van der Waals surface area contributed by atoms with Crippen molar-refractivity contribution in [2.45, 2.75) is 32.2 Å². The van der Waals surface area contributed by atoms with Crippen molar-refractivity contribution in [3.05, 3.63) is 30.4 Å². The van der Waals surface area contributed by atoms with E-state index in [2.05, 4.69) is 16.9 Å². The van der Waals surface area contributed by atoms with E-state index in [9.17, 15) is 9.59 Å². The summed E-state index contributed by atoms with van der Waals surface area (Å²) >= 11 is 0. The highest BCUT2D eigenvalue weighted by Crippen LogP contribution is 2.29. The molecular weight excluding hydrogens is 306 g/mol. The van der Waals surface area contributed by atoms with Gasteiger partial charge in [-0.25, -0.2) is 9.97 Å². The van der Waals surface area contributed by atoms with Gasteiger partial charge >= 0.3 is 0 Å². The van der Waals surface area contributed by atoms with Gasteiger partial charge in [-0.3, -0.25) is 14.0 Å². The van der Waals surface area contributed by atoms with Crippen LogP contribution in [0.15, 0.2) is 24.7 Å². The Kier molecular flexibility index (Phi) is 3.70. The Morgan fingerprint density at radius 2 is 2.21 bits per heavy atom. The Morgan fingerprint density at radius 3 is 3.00 bits per heavy atom. The van der Waals surface area contributed by atoms with Crippen molar-refractivity contribution in [3.8, 4) is 0 Å². The van der Waals surface area contributed by atoms with Crippen molar-refractivity contribution in [2.24, 2.45) is 5.92 Å². The average molecular weight is 327 g/mol. The number of aromatic nitrogens is 3. The number of piperidine rings is 1. The van der Waals surface area contributed by atoms with Crippen LogP contribution in [0.5, 0.6) is 0 Å². The van der Waals surface area contributed by atoms with E-state index in [1.54, 1.807) is 27.8 Å².